The van der Waals surface area contributed by atoms with E-state index >= 15 is 0 Å². The lowest BCUT2D eigenvalue weighted by atomic mass is 10.3. The van der Waals surface area contributed by atoms with Gasteiger partial charge in [0.1, 0.15) is 5.75 Å². The molecule has 0 bridgehead atoms. The van der Waals surface area contributed by atoms with Crippen molar-refractivity contribution in [1.29, 1.82) is 0 Å². The number of benzene rings is 2. The van der Waals surface area contributed by atoms with Crippen molar-refractivity contribution in [3.8, 4) is 11.5 Å². The van der Waals surface area contributed by atoms with Crippen LogP contribution < -0.4 is 10.5 Å². The number of anilines is 1. The van der Waals surface area contributed by atoms with Gasteiger partial charge in [-0.2, -0.15) is 0 Å². The quantitative estimate of drug-likeness (QED) is 0.884. The molecule has 100 valence electrons. The van der Waals surface area contributed by atoms with Gasteiger partial charge in [0.2, 0.25) is 0 Å². The van der Waals surface area contributed by atoms with Crippen LogP contribution in [0.25, 0.3) is 0 Å². The number of sulfone groups is 1. The molecule has 0 heterocycles. The van der Waals surface area contributed by atoms with Crippen molar-refractivity contribution >= 4 is 27.1 Å². The van der Waals surface area contributed by atoms with E-state index in [0.29, 0.717) is 10.8 Å². The number of nitrogen functional groups attached to an aromatic ring is 1. The Morgan fingerprint density at radius 3 is 2.32 bits per heavy atom. The number of ether oxygens (including phenoxy) is 1. The number of halogens is 1. The summed E-state index contributed by atoms with van der Waals surface area (Å²) in [6.45, 7) is 0. The number of hydrogen-bond donors (Lipinski definition) is 1. The first-order chi connectivity index (χ1) is 8.89. The Morgan fingerprint density at radius 2 is 1.68 bits per heavy atom. The van der Waals surface area contributed by atoms with Crippen LogP contribution in [0.1, 0.15) is 0 Å². The maximum absolute atomic E-state index is 11.6. The first-order valence-electron chi connectivity index (χ1n) is 5.40. The van der Waals surface area contributed by atoms with E-state index in [1.807, 2.05) is 0 Å². The summed E-state index contributed by atoms with van der Waals surface area (Å²) >= 11 is 5.97. The molecule has 19 heavy (non-hydrogen) atoms. The summed E-state index contributed by atoms with van der Waals surface area (Å²) in [4.78, 5) is 0.0389. The molecule has 2 N–H and O–H groups in total. The Kier molecular flexibility index (Phi) is 3.68. The molecule has 0 saturated carbocycles. The molecule has 0 aliphatic carbocycles. The SMILES string of the molecule is CS(=O)(=O)c1cccc(Oc2ccccc2Cl)c1N. The lowest BCUT2D eigenvalue weighted by molar-refractivity contribution is 0.484. The Balaban J connectivity index is 2.46. The minimum atomic E-state index is -3.40. The second-order valence-corrected chi connectivity index (χ2v) is 6.36. The van der Waals surface area contributed by atoms with E-state index in [-0.39, 0.29) is 16.3 Å². The van der Waals surface area contributed by atoms with Gasteiger partial charge in [0.15, 0.2) is 15.6 Å². The third-order valence-electron chi connectivity index (χ3n) is 2.48. The van der Waals surface area contributed by atoms with Crippen LogP contribution in [-0.4, -0.2) is 14.7 Å². The standard InChI is InChI=1S/C13H12ClNO3S/c1-19(16,17)12-8-4-7-11(13(12)15)18-10-6-3-2-5-9(10)14/h2-8H,15H2,1H3. The summed E-state index contributed by atoms with van der Waals surface area (Å²) < 4.78 is 28.7. The average molecular weight is 298 g/mol. The number of hydrogen-bond acceptors (Lipinski definition) is 4. The van der Waals surface area contributed by atoms with E-state index in [2.05, 4.69) is 0 Å². The Labute approximate surface area is 116 Å². The lowest BCUT2D eigenvalue weighted by Gasteiger charge is -2.11. The number of nitrogens with two attached hydrogens (primary N) is 1. The van der Waals surface area contributed by atoms with Gasteiger partial charge in [-0.05, 0) is 24.3 Å². The minimum Gasteiger partial charge on any atom is -0.454 e. The van der Waals surface area contributed by atoms with Crippen LogP contribution >= 0.6 is 11.6 Å². The summed E-state index contributed by atoms with van der Waals surface area (Å²) in [5.74, 6) is 0.678. The van der Waals surface area contributed by atoms with Crippen molar-refractivity contribution in [2.75, 3.05) is 12.0 Å². The van der Waals surface area contributed by atoms with Gasteiger partial charge in [-0.1, -0.05) is 29.8 Å². The normalized spacial score (nSPS) is 11.3. The monoisotopic (exact) mass is 297 g/mol. The predicted molar refractivity (Wildman–Crippen MR) is 75.5 cm³/mol. The predicted octanol–water partition coefficient (Wildman–Crippen LogP) is 3.12. The second kappa shape index (κ2) is 5.11. The number of rotatable bonds is 3. The molecule has 2 aromatic rings. The first-order valence-corrected chi connectivity index (χ1v) is 7.67. The van der Waals surface area contributed by atoms with Crippen molar-refractivity contribution < 1.29 is 13.2 Å². The summed E-state index contributed by atoms with van der Waals surface area (Å²) in [6, 6.07) is 11.5. The molecular formula is C13H12ClNO3S. The molecule has 0 aromatic heterocycles. The van der Waals surface area contributed by atoms with Crippen LogP contribution in [0, 0.1) is 0 Å². The molecule has 0 fully saturated rings. The van der Waals surface area contributed by atoms with Gasteiger partial charge in [-0.3, -0.25) is 0 Å². The van der Waals surface area contributed by atoms with Crippen molar-refractivity contribution in [3.63, 3.8) is 0 Å². The number of para-hydroxylation sites is 2. The second-order valence-electron chi connectivity index (χ2n) is 3.97. The highest BCUT2D eigenvalue weighted by Crippen LogP contribution is 2.35. The van der Waals surface area contributed by atoms with Crippen LogP contribution in [0.2, 0.25) is 5.02 Å². The first kappa shape index (κ1) is 13.7. The molecule has 0 unspecified atom stereocenters. The fraction of sp³-hybridized carbons (Fsp3) is 0.0769. The maximum Gasteiger partial charge on any atom is 0.177 e. The van der Waals surface area contributed by atoms with E-state index in [9.17, 15) is 8.42 Å². The fourth-order valence-electron chi connectivity index (χ4n) is 1.58. The van der Waals surface area contributed by atoms with Gasteiger partial charge < -0.3 is 10.5 Å². The van der Waals surface area contributed by atoms with Crippen LogP contribution in [0.4, 0.5) is 5.69 Å². The Bertz CT molecular complexity index is 714. The minimum absolute atomic E-state index is 0.0389. The van der Waals surface area contributed by atoms with E-state index in [0.717, 1.165) is 6.26 Å². The third-order valence-corrected chi connectivity index (χ3v) is 3.95. The topological polar surface area (TPSA) is 69.4 Å². The van der Waals surface area contributed by atoms with Crippen LogP contribution in [-0.2, 0) is 9.84 Å². The largest absolute Gasteiger partial charge is 0.454 e. The Morgan fingerprint density at radius 1 is 1.05 bits per heavy atom. The highest BCUT2D eigenvalue weighted by molar-refractivity contribution is 7.90. The zero-order chi connectivity index (χ0) is 14.0. The van der Waals surface area contributed by atoms with Crippen molar-refractivity contribution in [1.82, 2.24) is 0 Å². The van der Waals surface area contributed by atoms with E-state index in [1.165, 1.54) is 6.07 Å². The molecule has 0 aliphatic rings. The third kappa shape index (κ3) is 3.00. The van der Waals surface area contributed by atoms with Gasteiger partial charge in [0, 0.05) is 6.26 Å². The maximum atomic E-state index is 11.6. The molecule has 0 spiro atoms. The molecule has 0 amide bonds. The highest BCUT2D eigenvalue weighted by atomic mass is 35.5. The molecule has 0 saturated heterocycles. The lowest BCUT2D eigenvalue weighted by Crippen LogP contribution is -2.03. The zero-order valence-corrected chi connectivity index (χ0v) is 11.7. The van der Waals surface area contributed by atoms with Crippen LogP contribution in [0.5, 0.6) is 11.5 Å². The van der Waals surface area contributed by atoms with Gasteiger partial charge >= 0.3 is 0 Å². The summed E-state index contributed by atoms with van der Waals surface area (Å²) in [6.07, 6.45) is 1.10. The summed E-state index contributed by atoms with van der Waals surface area (Å²) in [5, 5.41) is 0.423. The van der Waals surface area contributed by atoms with Crippen molar-refractivity contribution in [2.45, 2.75) is 4.90 Å². The van der Waals surface area contributed by atoms with Gasteiger partial charge in [0.05, 0.1) is 15.6 Å². The zero-order valence-electron chi connectivity index (χ0n) is 10.1. The van der Waals surface area contributed by atoms with E-state index in [4.69, 9.17) is 22.1 Å². The molecule has 2 rings (SSSR count). The Hall–Kier alpha value is -1.72. The molecule has 2 aromatic carbocycles. The van der Waals surface area contributed by atoms with Crippen molar-refractivity contribution in [2.24, 2.45) is 0 Å². The summed E-state index contributed by atoms with van der Waals surface area (Å²) in [5.41, 5.74) is 5.89. The van der Waals surface area contributed by atoms with Gasteiger partial charge in [0.25, 0.3) is 0 Å². The average Bonchev–Trinajstić information content (AvgIpc) is 2.33. The molecule has 0 aliphatic heterocycles. The summed E-state index contributed by atoms with van der Waals surface area (Å²) in [7, 11) is -3.40. The molecule has 0 atom stereocenters. The van der Waals surface area contributed by atoms with Crippen molar-refractivity contribution in [3.05, 3.63) is 47.5 Å². The molecule has 6 heteroatoms. The van der Waals surface area contributed by atoms with Gasteiger partial charge in [-0.25, -0.2) is 8.42 Å². The highest BCUT2D eigenvalue weighted by Gasteiger charge is 2.15. The smallest absolute Gasteiger partial charge is 0.177 e. The van der Waals surface area contributed by atoms with Gasteiger partial charge in [-0.15, -0.1) is 0 Å². The molecular weight excluding hydrogens is 286 g/mol. The van der Waals surface area contributed by atoms with E-state index in [1.54, 1.807) is 36.4 Å². The van der Waals surface area contributed by atoms with Crippen LogP contribution in [0.15, 0.2) is 47.4 Å². The van der Waals surface area contributed by atoms with E-state index < -0.39 is 9.84 Å². The molecule has 0 radical (unpaired) electrons. The van der Waals surface area contributed by atoms with Crippen LogP contribution in [0.3, 0.4) is 0 Å². The fourth-order valence-corrected chi connectivity index (χ4v) is 2.58. The molecule has 4 nitrogen and oxygen atoms in total.